The minimum Gasteiger partial charge on any atom is -0.373 e. The average Bonchev–Trinajstić information content (AvgIpc) is 2.81. The second-order valence-corrected chi connectivity index (χ2v) is 5.94. The first kappa shape index (κ1) is 15.6. The van der Waals surface area contributed by atoms with Crippen molar-refractivity contribution in [2.75, 3.05) is 10.2 Å². The van der Waals surface area contributed by atoms with E-state index in [1.54, 1.807) is 24.3 Å². The molecule has 1 heterocycles. The van der Waals surface area contributed by atoms with E-state index >= 15 is 0 Å². The van der Waals surface area contributed by atoms with Crippen LogP contribution in [0.5, 0.6) is 0 Å². The third-order valence-electron chi connectivity index (χ3n) is 3.89. The molecule has 1 fully saturated rings. The molecule has 1 unspecified atom stereocenters. The third-order valence-corrected chi connectivity index (χ3v) is 4.12. The zero-order chi connectivity index (χ0) is 16.4. The van der Waals surface area contributed by atoms with Gasteiger partial charge in [-0.1, -0.05) is 36.7 Å². The van der Waals surface area contributed by atoms with Crippen LogP contribution >= 0.6 is 11.6 Å². The van der Waals surface area contributed by atoms with E-state index in [2.05, 4.69) is 12.2 Å². The number of carbonyl (C=O) groups excluding carboxylic acids is 2. The monoisotopic (exact) mass is 328 g/mol. The highest BCUT2D eigenvalue weighted by Crippen LogP contribution is 2.27. The molecular formula is C18H17ClN2O2. The van der Waals surface area contributed by atoms with Crippen molar-refractivity contribution >= 4 is 34.8 Å². The molecule has 0 spiro atoms. The smallest absolute Gasteiger partial charge is 0.256 e. The molecule has 2 aromatic carbocycles. The molecule has 0 bridgehead atoms. The van der Waals surface area contributed by atoms with Gasteiger partial charge in [0.2, 0.25) is 5.91 Å². The number of benzene rings is 2. The van der Waals surface area contributed by atoms with Crippen LogP contribution in [0.1, 0.15) is 18.9 Å². The van der Waals surface area contributed by atoms with Crippen LogP contribution in [0.2, 0.25) is 5.02 Å². The number of halogens is 1. The maximum Gasteiger partial charge on any atom is 0.256 e. The first-order valence-electron chi connectivity index (χ1n) is 7.56. The van der Waals surface area contributed by atoms with Crippen LogP contribution in [-0.4, -0.2) is 17.9 Å². The summed E-state index contributed by atoms with van der Waals surface area (Å²) in [4.78, 5) is 26.0. The molecule has 1 aliphatic rings. The number of carbonyl (C=O) groups is 2. The number of nitrogens with zero attached hydrogens (tertiary/aromatic N) is 1. The van der Waals surface area contributed by atoms with Gasteiger partial charge in [0.15, 0.2) is 0 Å². The van der Waals surface area contributed by atoms with E-state index in [4.69, 9.17) is 11.6 Å². The maximum atomic E-state index is 12.6. The van der Waals surface area contributed by atoms with Crippen molar-refractivity contribution in [1.29, 1.82) is 0 Å². The maximum absolute atomic E-state index is 12.6. The highest BCUT2D eigenvalue weighted by atomic mass is 35.5. The standard InChI is InChI=1S/C18H17ClN2O2/c1-2-12-5-3-7-14(9-12)20-16-11-17(22)21(18(16)23)15-8-4-6-13(19)10-15/h3-10,16,20H,2,11H2,1H3. The highest BCUT2D eigenvalue weighted by Gasteiger charge is 2.39. The molecule has 1 aliphatic heterocycles. The van der Waals surface area contributed by atoms with Crippen LogP contribution < -0.4 is 10.2 Å². The summed E-state index contributed by atoms with van der Waals surface area (Å²) >= 11 is 5.95. The molecule has 1 N–H and O–H groups in total. The Morgan fingerprint density at radius 1 is 1.17 bits per heavy atom. The van der Waals surface area contributed by atoms with Gasteiger partial charge >= 0.3 is 0 Å². The van der Waals surface area contributed by atoms with Gasteiger partial charge in [-0.05, 0) is 42.3 Å². The number of hydrogen-bond donors (Lipinski definition) is 1. The molecule has 3 rings (SSSR count). The molecular weight excluding hydrogens is 312 g/mol. The predicted molar refractivity (Wildman–Crippen MR) is 91.8 cm³/mol. The summed E-state index contributed by atoms with van der Waals surface area (Å²) in [7, 11) is 0. The first-order chi connectivity index (χ1) is 11.1. The first-order valence-corrected chi connectivity index (χ1v) is 7.94. The summed E-state index contributed by atoms with van der Waals surface area (Å²) in [5.74, 6) is -0.472. The SMILES string of the molecule is CCc1cccc(NC2CC(=O)N(c3cccc(Cl)c3)C2=O)c1. The van der Waals surface area contributed by atoms with Gasteiger partial charge in [-0.25, -0.2) is 4.90 Å². The molecule has 2 aromatic rings. The molecule has 0 aromatic heterocycles. The Kier molecular flexibility index (Phi) is 4.35. The number of rotatable bonds is 4. The van der Waals surface area contributed by atoms with Crippen molar-refractivity contribution < 1.29 is 9.59 Å². The number of nitrogens with one attached hydrogen (secondary N) is 1. The van der Waals surface area contributed by atoms with Crippen molar-refractivity contribution in [3.05, 3.63) is 59.1 Å². The molecule has 4 nitrogen and oxygen atoms in total. The Balaban J connectivity index is 1.81. The summed E-state index contributed by atoms with van der Waals surface area (Å²) in [6, 6.07) is 14.1. The fourth-order valence-electron chi connectivity index (χ4n) is 2.71. The Hall–Kier alpha value is -2.33. The number of aryl methyl sites for hydroxylation is 1. The number of hydrogen-bond acceptors (Lipinski definition) is 3. The Morgan fingerprint density at radius 2 is 1.96 bits per heavy atom. The van der Waals surface area contributed by atoms with Crippen molar-refractivity contribution in [3.63, 3.8) is 0 Å². The average molecular weight is 329 g/mol. The number of amides is 2. The van der Waals surface area contributed by atoms with Gasteiger partial charge in [0, 0.05) is 10.7 Å². The molecule has 23 heavy (non-hydrogen) atoms. The van der Waals surface area contributed by atoms with E-state index in [1.807, 2.05) is 24.3 Å². The van der Waals surface area contributed by atoms with E-state index in [0.717, 1.165) is 12.1 Å². The van der Waals surface area contributed by atoms with Crippen LogP contribution in [-0.2, 0) is 16.0 Å². The van der Waals surface area contributed by atoms with Crippen molar-refractivity contribution in [1.82, 2.24) is 0 Å². The van der Waals surface area contributed by atoms with E-state index in [9.17, 15) is 9.59 Å². The summed E-state index contributed by atoms with van der Waals surface area (Å²) < 4.78 is 0. The molecule has 1 saturated heterocycles. The van der Waals surface area contributed by atoms with Gasteiger partial charge in [-0.2, -0.15) is 0 Å². The lowest BCUT2D eigenvalue weighted by atomic mass is 10.1. The molecule has 0 saturated carbocycles. The molecule has 1 atom stereocenters. The van der Waals surface area contributed by atoms with Crippen LogP contribution in [0, 0.1) is 0 Å². The van der Waals surface area contributed by atoms with Gasteiger partial charge in [0.25, 0.3) is 5.91 Å². The van der Waals surface area contributed by atoms with Crippen LogP contribution in [0.25, 0.3) is 0 Å². The second-order valence-electron chi connectivity index (χ2n) is 5.50. The van der Waals surface area contributed by atoms with E-state index < -0.39 is 6.04 Å². The molecule has 0 aliphatic carbocycles. The van der Waals surface area contributed by atoms with Gasteiger partial charge in [0.1, 0.15) is 6.04 Å². The Morgan fingerprint density at radius 3 is 2.70 bits per heavy atom. The van der Waals surface area contributed by atoms with Crippen LogP contribution in [0.3, 0.4) is 0 Å². The lowest BCUT2D eigenvalue weighted by Gasteiger charge is -2.16. The topological polar surface area (TPSA) is 49.4 Å². The van der Waals surface area contributed by atoms with Gasteiger partial charge in [0.05, 0.1) is 12.1 Å². The zero-order valence-electron chi connectivity index (χ0n) is 12.8. The number of anilines is 2. The van der Waals surface area contributed by atoms with Crippen LogP contribution in [0.4, 0.5) is 11.4 Å². The van der Waals surface area contributed by atoms with Crippen molar-refractivity contribution in [2.45, 2.75) is 25.8 Å². The van der Waals surface area contributed by atoms with Gasteiger partial charge in [-0.3, -0.25) is 9.59 Å². The van der Waals surface area contributed by atoms with E-state index in [-0.39, 0.29) is 18.2 Å². The quantitative estimate of drug-likeness (QED) is 0.872. The van der Waals surface area contributed by atoms with Crippen LogP contribution in [0.15, 0.2) is 48.5 Å². The highest BCUT2D eigenvalue weighted by molar-refractivity contribution is 6.31. The minimum atomic E-state index is -0.548. The Bertz CT molecular complexity index is 760. The fraction of sp³-hybridized carbons (Fsp3) is 0.222. The van der Waals surface area contributed by atoms with Crippen molar-refractivity contribution in [3.8, 4) is 0 Å². The summed E-state index contributed by atoms with van der Waals surface area (Å²) in [5, 5.41) is 3.66. The molecule has 0 radical (unpaired) electrons. The largest absolute Gasteiger partial charge is 0.373 e. The summed E-state index contributed by atoms with van der Waals surface area (Å²) in [6.07, 6.45) is 1.06. The van der Waals surface area contributed by atoms with Gasteiger partial charge < -0.3 is 5.32 Å². The van der Waals surface area contributed by atoms with Gasteiger partial charge in [-0.15, -0.1) is 0 Å². The summed E-state index contributed by atoms with van der Waals surface area (Å²) in [6.45, 7) is 2.07. The fourth-order valence-corrected chi connectivity index (χ4v) is 2.90. The molecule has 2 amide bonds. The summed E-state index contributed by atoms with van der Waals surface area (Å²) in [5.41, 5.74) is 2.54. The minimum absolute atomic E-state index is 0.141. The second kappa shape index (κ2) is 6.42. The predicted octanol–water partition coefficient (Wildman–Crippen LogP) is 3.65. The normalized spacial score (nSPS) is 17.7. The zero-order valence-corrected chi connectivity index (χ0v) is 13.5. The molecule has 118 valence electrons. The Labute approximate surface area is 140 Å². The third kappa shape index (κ3) is 3.22. The lowest BCUT2D eigenvalue weighted by Crippen LogP contribution is -2.34. The van der Waals surface area contributed by atoms with Crippen molar-refractivity contribution in [2.24, 2.45) is 0 Å². The molecule has 5 heteroatoms. The van der Waals surface area contributed by atoms with E-state index in [1.165, 1.54) is 10.5 Å². The number of imide groups is 1. The van der Waals surface area contributed by atoms with E-state index in [0.29, 0.717) is 10.7 Å². The lowest BCUT2D eigenvalue weighted by molar-refractivity contribution is -0.121.